The number of hydrogen-bond donors (Lipinski definition) is 5. The van der Waals surface area contributed by atoms with E-state index in [2.05, 4.69) is 32.8 Å². The summed E-state index contributed by atoms with van der Waals surface area (Å²) in [5.41, 5.74) is 18.3. The van der Waals surface area contributed by atoms with Gasteiger partial charge in [-0.25, -0.2) is 4.98 Å². The van der Waals surface area contributed by atoms with Crippen LogP contribution in [0, 0.1) is 5.92 Å². The lowest BCUT2D eigenvalue weighted by atomic mass is 9.57. The topological polar surface area (TPSA) is 180 Å². The zero-order valence-corrected chi connectivity index (χ0v) is 30.6. The van der Waals surface area contributed by atoms with Crippen LogP contribution in [0.5, 0.6) is 0 Å². The van der Waals surface area contributed by atoms with Crippen LogP contribution in [0.1, 0.15) is 73.0 Å². The molecule has 2 saturated carbocycles. The van der Waals surface area contributed by atoms with Crippen molar-refractivity contribution in [2.24, 2.45) is 17.4 Å². The summed E-state index contributed by atoms with van der Waals surface area (Å²) in [6, 6.07) is 11.0. The van der Waals surface area contributed by atoms with Crippen LogP contribution in [-0.2, 0) is 14.9 Å². The summed E-state index contributed by atoms with van der Waals surface area (Å²) in [6.07, 6.45) is 7.92. The molecule has 7 rings (SSSR count). The molecule has 3 fully saturated rings. The molecular formula is C37H45B2N11O3. The molecule has 1 aromatic carbocycles. The fourth-order valence-electron chi connectivity index (χ4n) is 7.03. The van der Waals surface area contributed by atoms with E-state index >= 15 is 0 Å². The Morgan fingerprint density at radius 3 is 2.40 bits per heavy atom. The predicted molar refractivity (Wildman–Crippen MR) is 204 cm³/mol. The number of allylic oxidation sites excluding steroid dienone is 1. The van der Waals surface area contributed by atoms with Crippen molar-refractivity contribution in [3.63, 3.8) is 0 Å². The van der Waals surface area contributed by atoms with Gasteiger partial charge in [0, 0.05) is 69.1 Å². The number of nitrogens with zero attached hydrogens (tertiary/aromatic N) is 6. The second-order valence-corrected chi connectivity index (χ2v) is 14.8. The molecule has 2 aliphatic heterocycles. The van der Waals surface area contributed by atoms with E-state index in [1.54, 1.807) is 32.3 Å². The Kier molecular flexibility index (Phi) is 9.51. The molecule has 53 heavy (non-hydrogen) atoms. The van der Waals surface area contributed by atoms with Gasteiger partial charge >= 0.3 is 0 Å². The number of hydrogen-bond acceptors (Lipinski definition) is 10. The van der Waals surface area contributed by atoms with Gasteiger partial charge in [0.1, 0.15) is 17.2 Å². The Bertz CT molecular complexity index is 2010. The SMILES string of the molecule is [B]C([B])(c1cccc(C(=O)N(C)C)n1)N1CC(n2ncc3c2C(C)N(C)c2c(NC(/C=C(\N)NC(=O)C4CC4)=C(/N)C(=O)NC4CCC4)cccc2-3)C1. The van der Waals surface area contributed by atoms with Gasteiger partial charge in [-0.2, -0.15) is 5.10 Å². The molecule has 4 aliphatic rings. The Balaban J connectivity index is 1.15. The largest absolute Gasteiger partial charge is 0.393 e. The Morgan fingerprint density at radius 2 is 1.74 bits per heavy atom. The fourth-order valence-corrected chi connectivity index (χ4v) is 7.03. The van der Waals surface area contributed by atoms with Crippen molar-refractivity contribution in [1.82, 2.24) is 35.2 Å². The van der Waals surface area contributed by atoms with Crippen LogP contribution in [-0.4, -0.2) is 98.3 Å². The van der Waals surface area contributed by atoms with Gasteiger partial charge in [-0.1, -0.05) is 18.2 Å². The standard InChI is InChI=1S/C37H45B2N11O3/c1-20-32-25(17-42-50(32)23-18-49(19-23)37(38,39)29-13-7-12-27(45-29)36(53)47(2)3)24-10-6-11-26(33(24)48(20)4)44-28(16-30(40)46-34(51)21-14-15-21)31(41)35(52)43-22-8-5-9-22/h6-7,10-13,16-17,20-23,44H,5,8-9,14-15,18-19,40-41H2,1-4H3,(H,43,52)(H,46,51)/b30-16+,31-28+. The number of nitrogens with two attached hydrogens (primary N) is 2. The fraction of sp³-hybridized carbons (Fsp3) is 0.432. The van der Waals surface area contributed by atoms with Crippen LogP contribution in [0.15, 0.2) is 65.9 Å². The van der Waals surface area contributed by atoms with Crippen LogP contribution in [0.4, 0.5) is 11.4 Å². The van der Waals surface area contributed by atoms with E-state index in [-0.39, 0.29) is 58.8 Å². The number of para-hydroxylation sites is 1. The molecule has 3 amide bonds. The van der Waals surface area contributed by atoms with Crippen molar-refractivity contribution >= 4 is 44.8 Å². The first-order chi connectivity index (χ1) is 25.2. The quantitative estimate of drug-likeness (QED) is 0.112. The number of pyridine rings is 1. The second kappa shape index (κ2) is 14.0. The number of anilines is 2. The van der Waals surface area contributed by atoms with Crippen LogP contribution in [0.3, 0.4) is 0 Å². The highest BCUT2D eigenvalue weighted by Gasteiger charge is 2.42. The van der Waals surface area contributed by atoms with E-state index in [4.69, 9.17) is 32.3 Å². The molecule has 272 valence electrons. The highest BCUT2D eigenvalue weighted by molar-refractivity contribution is 6.39. The third-order valence-corrected chi connectivity index (χ3v) is 10.8. The number of carbonyl (C=O) groups is 3. The first-order valence-corrected chi connectivity index (χ1v) is 18.1. The normalized spacial score (nSPS) is 19.6. The summed E-state index contributed by atoms with van der Waals surface area (Å²) in [7, 11) is 18.7. The molecule has 1 saturated heterocycles. The first kappa shape index (κ1) is 36.1. The van der Waals surface area contributed by atoms with E-state index in [1.165, 1.54) is 11.0 Å². The first-order valence-electron chi connectivity index (χ1n) is 18.1. The van der Waals surface area contributed by atoms with Gasteiger partial charge in [0.15, 0.2) is 0 Å². The molecule has 7 N–H and O–H groups in total. The minimum absolute atomic E-state index is 0.00185. The van der Waals surface area contributed by atoms with Gasteiger partial charge < -0.3 is 42.1 Å². The van der Waals surface area contributed by atoms with Gasteiger partial charge in [0.25, 0.3) is 11.8 Å². The summed E-state index contributed by atoms with van der Waals surface area (Å²) in [6.45, 7) is 3.17. The zero-order chi connectivity index (χ0) is 37.8. The summed E-state index contributed by atoms with van der Waals surface area (Å²) in [4.78, 5) is 48.3. The third-order valence-electron chi connectivity index (χ3n) is 10.8. The maximum absolute atomic E-state index is 13.3. The van der Waals surface area contributed by atoms with E-state index in [0.717, 1.165) is 54.6 Å². The Hall–Kier alpha value is -5.24. The molecular weight excluding hydrogens is 668 g/mol. The lowest BCUT2D eigenvalue weighted by Crippen LogP contribution is -2.60. The highest BCUT2D eigenvalue weighted by Crippen LogP contribution is 2.49. The van der Waals surface area contributed by atoms with Crippen LogP contribution >= 0.6 is 0 Å². The molecule has 0 spiro atoms. The van der Waals surface area contributed by atoms with E-state index in [0.29, 0.717) is 24.5 Å². The summed E-state index contributed by atoms with van der Waals surface area (Å²) >= 11 is 0. The highest BCUT2D eigenvalue weighted by atomic mass is 16.2. The van der Waals surface area contributed by atoms with Gasteiger partial charge in [0.2, 0.25) is 5.91 Å². The molecule has 1 atom stereocenters. The number of nitrogens with one attached hydrogen (secondary N) is 3. The molecule has 14 nitrogen and oxygen atoms in total. The number of rotatable bonds is 11. The number of carbonyl (C=O) groups excluding carboxylic acids is 3. The molecule has 2 aromatic heterocycles. The number of amides is 3. The number of benzene rings is 1. The second-order valence-electron chi connectivity index (χ2n) is 14.8. The van der Waals surface area contributed by atoms with Crippen molar-refractivity contribution in [3.8, 4) is 11.1 Å². The lowest BCUT2D eigenvalue weighted by Gasteiger charge is -2.50. The number of aromatic nitrogens is 3. The molecule has 0 bridgehead atoms. The van der Waals surface area contributed by atoms with Crippen LogP contribution in [0.2, 0.25) is 0 Å². The molecule has 16 heteroatoms. The molecule has 3 aromatic rings. The van der Waals surface area contributed by atoms with Crippen molar-refractivity contribution in [2.45, 2.75) is 62.5 Å². The summed E-state index contributed by atoms with van der Waals surface area (Å²) in [5.74, 6) is -0.723. The van der Waals surface area contributed by atoms with Crippen molar-refractivity contribution in [1.29, 1.82) is 0 Å². The molecule has 4 radical (unpaired) electrons. The van der Waals surface area contributed by atoms with Crippen molar-refractivity contribution < 1.29 is 14.4 Å². The Labute approximate surface area is 312 Å². The average molecular weight is 713 g/mol. The molecule has 2 aliphatic carbocycles. The molecule has 4 heterocycles. The smallest absolute Gasteiger partial charge is 0.271 e. The summed E-state index contributed by atoms with van der Waals surface area (Å²) in [5, 5.41) is 12.6. The minimum atomic E-state index is -1.39. The van der Waals surface area contributed by atoms with E-state index in [1.807, 2.05) is 41.0 Å². The van der Waals surface area contributed by atoms with Crippen molar-refractivity contribution in [3.05, 3.63) is 83.0 Å². The summed E-state index contributed by atoms with van der Waals surface area (Å²) < 4.78 is 2.05. The van der Waals surface area contributed by atoms with Gasteiger partial charge in [-0.05, 0) is 62.6 Å². The third kappa shape index (κ3) is 6.87. The minimum Gasteiger partial charge on any atom is -0.393 e. The van der Waals surface area contributed by atoms with Gasteiger partial charge in [0.05, 0.1) is 56.7 Å². The zero-order valence-electron chi connectivity index (χ0n) is 30.6. The van der Waals surface area contributed by atoms with Gasteiger partial charge in [-0.3, -0.25) is 19.1 Å². The number of likely N-dealkylation sites (tertiary alicyclic amines) is 1. The monoisotopic (exact) mass is 713 g/mol. The number of fused-ring (bicyclic) bond motifs is 3. The lowest BCUT2D eigenvalue weighted by molar-refractivity contribution is -0.121. The van der Waals surface area contributed by atoms with Crippen molar-refractivity contribution in [2.75, 3.05) is 44.4 Å². The maximum atomic E-state index is 13.3. The van der Waals surface area contributed by atoms with E-state index < -0.39 is 11.2 Å². The Morgan fingerprint density at radius 1 is 1.02 bits per heavy atom. The van der Waals surface area contributed by atoms with Crippen LogP contribution in [0.25, 0.3) is 11.1 Å². The van der Waals surface area contributed by atoms with Gasteiger partial charge in [-0.15, -0.1) is 0 Å². The van der Waals surface area contributed by atoms with Crippen LogP contribution < -0.4 is 32.3 Å². The predicted octanol–water partition coefficient (Wildman–Crippen LogP) is 1.74. The van der Waals surface area contributed by atoms with E-state index in [9.17, 15) is 14.4 Å². The average Bonchev–Trinajstić information content (AvgIpc) is 3.86. The maximum Gasteiger partial charge on any atom is 0.271 e. The molecule has 1 unspecified atom stereocenters.